The Kier molecular flexibility index (Phi) is 4.99. The first-order valence-electron chi connectivity index (χ1n) is 10.8. The number of carbonyl (C=O) groups is 1. The van der Waals surface area contributed by atoms with Gasteiger partial charge in [0.2, 0.25) is 5.91 Å². The molecule has 1 atom stereocenters. The van der Waals surface area contributed by atoms with E-state index in [9.17, 15) is 14.4 Å². The zero-order valence-electron chi connectivity index (χ0n) is 18.1. The van der Waals surface area contributed by atoms with E-state index in [1.54, 1.807) is 23.6 Å². The van der Waals surface area contributed by atoms with Crippen molar-refractivity contribution >= 4 is 17.1 Å². The molecule has 5 rings (SSSR count). The van der Waals surface area contributed by atoms with E-state index < -0.39 is 11.2 Å². The molecule has 10 nitrogen and oxygen atoms in total. The number of hydrogen-bond acceptors (Lipinski definition) is 6. The van der Waals surface area contributed by atoms with E-state index in [2.05, 4.69) is 4.98 Å². The maximum absolute atomic E-state index is 13.3. The number of carbonyl (C=O) groups excluding carboxylic acids is 1. The van der Waals surface area contributed by atoms with E-state index in [4.69, 9.17) is 9.47 Å². The van der Waals surface area contributed by atoms with Crippen LogP contribution in [0, 0.1) is 0 Å². The summed E-state index contributed by atoms with van der Waals surface area (Å²) < 4.78 is 15.4. The number of benzene rings is 1. The van der Waals surface area contributed by atoms with Crippen LogP contribution in [0.5, 0.6) is 11.5 Å². The molecule has 2 aliphatic heterocycles. The lowest BCUT2D eigenvalue weighted by molar-refractivity contribution is -0.132. The maximum atomic E-state index is 13.3. The molecule has 0 unspecified atom stereocenters. The van der Waals surface area contributed by atoms with E-state index in [1.807, 2.05) is 18.2 Å². The van der Waals surface area contributed by atoms with Crippen LogP contribution in [0.15, 0.2) is 34.1 Å². The third-order valence-electron chi connectivity index (χ3n) is 6.22. The number of aromatic nitrogens is 4. The highest BCUT2D eigenvalue weighted by Crippen LogP contribution is 2.38. The van der Waals surface area contributed by atoms with Crippen LogP contribution in [0.3, 0.4) is 0 Å². The standard InChI is InChI=1S/C22H25N5O5/c1-24-13-23-20-19(24)21(29)27(22(30)25(20)2)12-18(28)26-8-3-5-15(26)14-6-7-16-17(11-14)32-10-4-9-31-16/h6-7,11,13,15H,3-5,8-10,12H2,1-2H3/t15-/m0/s1. The Balaban J connectivity index is 1.45. The number of nitrogens with zero attached hydrogens (tertiary/aromatic N) is 5. The van der Waals surface area contributed by atoms with Crippen molar-refractivity contribution in [3.8, 4) is 11.5 Å². The number of rotatable bonds is 3. The summed E-state index contributed by atoms with van der Waals surface area (Å²) >= 11 is 0. The third kappa shape index (κ3) is 3.26. The predicted octanol–water partition coefficient (Wildman–Crippen LogP) is 0.959. The molecule has 3 aromatic rings. The van der Waals surface area contributed by atoms with Crippen molar-refractivity contribution in [2.45, 2.75) is 31.8 Å². The molecule has 0 aliphatic carbocycles. The zero-order chi connectivity index (χ0) is 22.4. The minimum absolute atomic E-state index is 0.139. The molecule has 0 spiro atoms. The average molecular weight is 439 g/mol. The fourth-order valence-corrected chi connectivity index (χ4v) is 4.56. The van der Waals surface area contributed by atoms with Gasteiger partial charge in [0.25, 0.3) is 5.56 Å². The van der Waals surface area contributed by atoms with Gasteiger partial charge in [0.05, 0.1) is 25.6 Å². The van der Waals surface area contributed by atoms with Gasteiger partial charge in [0.1, 0.15) is 6.54 Å². The van der Waals surface area contributed by atoms with Crippen molar-refractivity contribution in [2.24, 2.45) is 14.1 Å². The smallest absolute Gasteiger partial charge is 0.332 e. The summed E-state index contributed by atoms with van der Waals surface area (Å²) in [6, 6.07) is 5.63. The Morgan fingerprint density at radius 1 is 1.12 bits per heavy atom. The summed E-state index contributed by atoms with van der Waals surface area (Å²) in [7, 11) is 3.24. The number of ether oxygens (including phenoxy) is 2. The molecule has 0 N–H and O–H groups in total. The zero-order valence-corrected chi connectivity index (χ0v) is 18.1. The Labute approximate surface area is 183 Å². The number of hydrogen-bond donors (Lipinski definition) is 0. The van der Waals surface area contributed by atoms with Gasteiger partial charge >= 0.3 is 5.69 Å². The van der Waals surface area contributed by atoms with Crippen molar-refractivity contribution in [3.05, 3.63) is 50.9 Å². The summed E-state index contributed by atoms with van der Waals surface area (Å²) in [6.45, 7) is 1.46. The highest BCUT2D eigenvalue weighted by atomic mass is 16.5. The molecule has 1 fully saturated rings. The van der Waals surface area contributed by atoms with Gasteiger partial charge in [-0.3, -0.25) is 14.2 Å². The number of aryl methyl sites for hydroxylation is 2. The normalized spacial score (nSPS) is 18.2. The minimum Gasteiger partial charge on any atom is -0.490 e. The van der Waals surface area contributed by atoms with Crippen molar-refractivity contribution < 1.29 is 14.3 Å². The van der Waals surface area contributed by atoms with Crippen molar-refractivity contribution in [3.63, 3.8) is 0 Å². The highest BCUT2D eigenvalue weighted by Gasteiger charge is 2.31. The Morgan fingerprint density at radius 2 is 1.91 bits per heavy atom. The molecule has 10 heteroatoms. The molecule has 1 saturated heterocycles. The highest BCUT2D eigenvalue weighted by molar-refractivity contribution is 5.77. The van der Waals surface area contributed by atoms with Crippen molar-refractivity contribution in [2.75, 3.05) is 19.8 Å². The molecular weight excluding hydrogens is 414 g/mol. The van der Waals surface area contributed by atoms with Crippen LogP contribution in [0.1, 0.15) is 30.9 Å². The predicted molar refractivity (Wildman–Crippen MR) is 116 cm³/mol. The van der Waals surface area contributed by atoms with Crippen LogP contribution < -0.4 is 20.7 Å². The van der Waals surface area contributed by atoms with Gasteiger partial charge in [-0.1, -0.05) is 6.07 Å². The molecule has 168 valence electrons. The van der Waals surface area contributed by atoms with Gasteiger partial charge in [-0.15, -0.1) is 0 Å². The van der Waals surface area contributed by atoms with Gasteiger partial charge < -0.3 is 18.9 Å². The van der Waals surface area contributed by atoms with E-state index in [0.717, 1.165) is 29.4 Å². The lowest BCUT2D eigenvalue weighted by Gasteiger charge is -2.26. The average Bonchev–Trinajstić information content (AvgIpc) is 3.36. The molecule has 0 saturated carbocycles. The lowest BCUT2D eigenvalue weighted by Crippen LogP contribution is -2.44. The fourth-order valence-electron chi connectivity index (χ4n) is 4.56. The van der Waals surface area contributed by atoms with E-state index in [1.165, 1.54) is 10.9 Å². The third-order valence-corrected chi connectivity index (χ3v) is 6.22. The van der Waals surface area contributed by atoms with E-state index in [-0.39, 0.29) is 18.5 Å². The van der Waals surface area contributed by atoms with E-state index in [0.29, 0.717) is 42.4 Å². The molecule has 32 heavy (non-hydrogen) atoms. The second-order valence-corrected chi connectivity index (χ2v) is 8.26. The second-order valence-electron chi connectivity index (χ2n) is 8.26. The fraction of sp³-hybridized carbons (Fsp3) is 0.455. The maximum Gasteiger partial charge on any atom is 0.332 e. The van der Waals surface area contributed by atoms with Crippen molar-refractivity contribution in [1.82, 2.24) is 23.6 Å². The molecule has 1 amide bonds. The van der Waals surface area contributed by atoms with Crippen LogP contribution in [-0.4, -0.2) is 49.3 Å². The minimum atomic E-state index is -0.555. The topological polar surface area (TPSA) is 101 Å². The summed E-state index contributed by atoms with van der Waals surface area (Å²) in [4.78, 5) is 44.9. The number of amides is 1. The quantitative estimate of drug-likeness (QED) is 0.603. The summed E-state index contributed by atoms with van der Waals surface area (Å²) in [6.07, 6.45) is 3.96. The van der Waals surface area contributed by atoms with Crippen LogP contribution in [0.25, 0.3) is 11.2 Å². The number of fused-ring (bicyclic) bond motifs is 2. The lowest BCUT2D eigenvalue weighted by atomic mass is 10.0. The van der Waals surface area contributed by atoms with Crippen LogP contribution >= 0.6 is 0 Å². The van der Waals surface area contributed by atoms with Gasteiger partial charge in [0, 0.05) is 27.1 Å². The summed E-state index contributed by atoms with van der Waals surface area (Å²) in [5.41, 5.74) is 0.490. The molecule has 4 heterocycles. The molecule has 1 aromatic carbocycles. The van der Waals surface area contributed by atoms with Gasteiger partial charge in [-0.05, 0) is 30.5 Å². The largest absolute Gasteiger partial charge is 0.490 e. The first kappa shape index (κ1) is 20.3. The molecule has 0 radical (unpaired) electrons. The van der Waals surface area contributed by atoms with E-state index >= 15 is 0 Å². The Morgan fingerprint density at radius 3 is 2.72 bits per heavy atom. The molecule has 2 aliphatic rings. The monoisotopic (exact) mass is 439 g/mol. The first-order chi connectivity index (χ1) is 15.5. The van der Waals surface area contributed by atoms with Crippen LogP contribution in [0.4, 0.5) is 0 Å². The van der Waals surface area contributed by atoms with Gasteiger partial charge in [-0.25, -0.2) is 14.3 Å². The Bertz CT molecular complexity index is 1320. The first-order valence-corrected chi connectivity index (χ1v) is 10.8. The second kappa shape index (κ2) is 7.85. The Hall–Kier alpha value is -3.56. The molecular formula is C22H25N5O5. The number of imidazole rings is 1. The molecule has 2 aromatic heterocycles. The number of likely N-dealkylation sites (tertiary alicyclic amines) is 1. The summed E-state index contributed by atoms with van der Waals surface area (Å²) in [5.74, 6) is 1.13. The van der Waals surface area contributed by atoms with Gasteiger partial charge in [0.15, 0.2) is 22.7 Å². The van der Waals surface area contributed by atoms with Crippen LogP contribution in [-0.2, 0) is 25.4 Å². The molecule has 0 bridgehead atoms. The summed E-state index contributed by atoms with van der Waals surface area (Å²) in [5, 5.41) is 0. The van der Waals surface area contributed by atoms with Crippen LogP contribution in [0.2, 0.25) is 0 Å². The van der Waals surface area contributed by atoms with Gasteiger partial charge in [-0.2, -0.15) is 0 Å². The van der Waals surface area contributed by atoms with Crippen molar-refractivity contribution in [1.29, 1.82) is 0 Å². The SMILES string of the molecule is Cn1cnc2c1c(=O)n(CC(=O)N1CCC[C@H]1c1ccc3c(c1)OCCCO3)c(=O)n2C.